The van der Waals surface area contributed by atoms with Crippen molar-refractivity contribution in [3.8, 4) is 0 Å². The number of alkyl halides is 6. The number of hydroxylamine groups is 2. The third kappa shape index (κ3) is 8.64. The number of aromatic nitrogens is 2. The highest BCUT2D eigenvalue weighted by Gasteiger charge is 2.39. The average molecular weight is 739 g/mol. The van der Waals surface area contributed by atoms with Gasteiger partial charge in [-0.15, -0.1) is 0 Å². The molecule has 1 atom stereocenters. The molecule has 1 N–H and O–H groups in total. The molecule has 2 aliphatic heterocycles. The number of benzene rings is 2. The van der Waals surface area contributed by atoms with E-state index in [9.17, 15) is 43.5 Å². The molecule has 0 saturated carbocycles. The van der Waals surface area contributed by atoms with Gasteiger partial charge in [0.05, 0.1) is 54.4 Å². The Hall–Kier alpha value is -3.49. The van der Waals surface area contributed by atoms with Crippen molar-refractivity contribution in [3.05, 3.63) is 65.8 Å². The number of nitrogens with zero attached hydrogens (tertiary/aromatic N) is 5. The fraction of sp³-hybridized carbons (Fsp3) is 0.433. The summed E-state index contributed by atoms with van der Waals surface area (Å²) < 4.78 is 141. The molecule has 49 heavy (non-hydrogen) atoms. The summed E-state index contributed by atoms with van der Waals surface area (Å²) in [4.78, 5) is 2.83. The molecule has 1 unspecified atom stereocenters. The van der Waals surface area contributed by atoms with E-state index in [0.717, 1.165) is 17.0 Å². The molecule has 1 aromatic heterocycles. The third-order valence-corrected chi connectivity index (χ3v) is 9.71. The highest BCUT2D eigenvalue weighted by atomic mass is 32.2. The first-order valence-electron chi connectivity index (χ1n) is 15.1. The standard InChI is InChI=1S/C30H33F6N5O6S2/c1-3-39-24-11-9-22(48(42)47-38-13-15-46-16-14-38)19-26(24)41(20-29(31,32)33)28(39)7-4-6-27-37(2)23-10-8-21(30(34,35)36)18-25(23)40(27)12-5-17-49(43,44)45/h4,6-11,18-19H,3,5,12-17,20H2,1-2H3/p+1. The number of anilines is 2. The quantitative estimate of drug-likeness (QED) is 0.169. The van der Waals surface area contributed by atoms with Gasteiger partial charge in [-0.25, -0.2) is 13.3 Å². The minimum absolute atomic E-state index is 0.0894. The van der Waals surface area contributed by atoms with Crippen molar-refractivity contribution in [3.63, 3.8) is 0 Å². The molecule has 0 radical (unpaired) electrons. The summed E-state index contributed by atoms with van der Waals surface area (Å²) in [6, 6.07) is 7.58. The Morgan fingerprint density at radius 2 is 1.76 bits per heavy atom. The molecule has 11 nitrogen and oxygen atoms in total. The van der Waals surface area contributed by atoms with E-state index in [1.165, 1.54) is 46.1 Å². The molecule has 268 valence electrons. The lowest BCUT2D eigenvalue weighted by Gasteiger charge is -2.25. The summed E-state index contributed by atoms with van der Waals surface area (Å²) in [5.74, 6) is -0.178. The lowest BCUT2D eigenvalue weighted by atomic mass is 10.2. The number of aryl methyl sites for hydroxylation is 2. The molecule has 0 bridgehead atoms. The van der Waals surface area contributed by atoms with Crippen LogP contribution in [-0.2, 0) is 50.0 Å². The van der Waals surface area contributed by atoms with E-state index in [1.807, 2.05) is 0 Å². The highest BCUT2D eigenvalue weighted by Crippen LogP contribution is 2.44. The van der Waals surface area contributed by atoms with Gasteiger partial charge in [-0.05, 0) is 43.3 Å². The molecule has 3 aromatic rings. The number of rotatable bonds is 11. The number of ether oxygens (including phenoxy) is 1. The molecule has 2 aliphatic rings. The fourth-order valence-electron chi connectivity index (χ4n) is 5.75. The average Bonchev–Trinajstić information content (AvgIpc) is 3.45. The van der Waals surface area contributed by atoms with Gasteiger partial charge in [0.15, 0.2) is 11.0 Å². The Morgan fingerprint density at radius 3 is 2.39 bits per heavy atom. The second-order valence-electron chi connectivity index (χ2n) is 11.2. The van der Waals surface area contributed by atoms with Gasteiger partial charge in [-0.1, -0.05) is 6.08 Å². The Morgan fingerprint density at radius 1 is 1.04 bits per heavy atom. The van der Waals surface area contributed by atoms with Crippen LogP contribution in [0, 0.1) is 0 Å². The first kappa shape index (κ1) is 36.8. The summed E-state index contributed by atoms with van der Waals surface area (Å²) in [5.41, 5.74) is 0.187. The van der Waals surface area contributed by atoms with E-state index in [2.05, 4.69) is 0 Å². The van der Waals surface area contributed by atoms with E-state index in [1.54, 1.807) is 29.5 Å². The summed E-state index contributed by atoms with van der Waals surface area (Å²) >= 11 is -2.01. The maximum absolute atomic E-state index is 13.9. The molecule has 2 aromatic carbocycles. The van der Waals surface area contributed by atoms with Crippen LogP contribution in [0.1, 0.15) is 24.7 Å². The van der Waals surface area contributed by atoms with Gasteiger partial charge in [0.1, 0.15) is 12.4 Å². The summed E-state index contributed by atoms with van der Waals surface area (Å²) in [5, 5.41) is 1.47. The lowest BCUT2D eigenvalue weighted by Crippen LogP contribution is -2.36. The van der Waals surface area contributed by atoms with Crippen molar-refractivity contribution < 1.29 is 57.1 Å². The van der Waals surface area contributed by atoms with Crippen LogP contribution in [0.5, 0.6) is 0 Å². The number of allylic oxidation sites excluding steroid dienone is 2. The Labute approximate surface area is 280 Å². The molecule has 0 spiro atoms. The van der Waals surface area contributed by atoms with Crippen LogP contribution in [0.25, 0.3) is 17.1 Å². The second kappa shape index (κ2) is 14.4. The van der Waals surface area contributed by atoms with E-state index in [0.29, 0.717) is 43.3 Å². The van der Waals surface area contributed by atoms with Crippen molar-refractivity contribution in [2.45, 2.75) is 37.1 Å². The number of morpholine rings is 1. The number of fused-ring (bicyclic) bond motifs is 2. The molecule has 19 heteroatoms. The Balaban J connectivity index is 1.53. The maximum Gasteiger partial charge on any atom is 0.416 e. The zero-order chi connectivity index (χ0) is 35.7. The monoisotopic (exact) mass is 738 g/mol. The minimum Gasteiger partial charge on any atom is -0.379 e. The maximum atomic E-state index is 13.9. The predicted octanol–water partition coefficient (Wildman–Crippen LogP) is 4.81. The molecule has 1 fully saturated rings. The molecular formula is C30H34F6N5O6S2+. The van der Waals surface area contributed by atoms with Gasteiger partial charge in [0.2, 0.25) is 11.1 Å². The van der Waals surface area contributed by atoms with Gasteiger partial charge < -0.3 is 14.5 Å². The van der Waals surface area contributed by atoms with Crippen LogP contribution in [0.2, 0.25) is 0 Å². The SMILES string of the molecule is CCN1C(=CC=Cc2n(CCCS(=O)(=O)O)c3cc(C(F)(F)F)ccc3[n+]2C)N(CC(F)(F)F)c2cc(S(=O)ON3CCOCC3)ccc21. The highest BCUT2D eigenvalue weighted by molar-refractivity contribution is 7.85. The van der Waals surface area contributed by atoms with E-state index in [4.69, 9.17) is 9.02 Å². The fourth-order valence-corrected chi connectivity index (χ4v) is 7.06. The van der Waals surface area contributed by atoms with Gasteiger partial charge in [-0.2, -0.15) is 44.1 Å². The van der Waals surface area contributed by atoms with Gasteiger partial charge in [0.25, 0.3) is 15.9 Å². The lowest BCUT2D eigenvalue weighted by molar-refractivity contribution is -0.647. The molecule has 0 amide bonds. The summed E-state index contributed by atoms with van der Waals surface area (Å²) in [7, 11) is -2.77. The zero-order valence-corrected chi connectivity index (χ0v) is 28.0. The van der Waals surface area contributed by atoms with Gasteiger partial charge >= 0.3 is 12.4 Å². The molecule has 3 heterocycles. The Bertz CT molecular complexity index is 1890. The first-order valence-corrected chi connectivity index (χ1v) is 17.8. The van der Waals surface area contributed by atoms with E-state index < -0.39 is 51.4 Å². The van der Waals surface area contributed by atoms with Crippen molar-refractivity contribution in [2.75, 3.05) is 54.9 Å². The summed E-state index contributed by atoms with van der Waals surface area (Å²) in [6.07, 6.45) is -5.04. The number of hydrogen-bond donors (Lipinski definition) is 1. The molecular weight excluding hydrogens is 704 g/mol. The topological polar surface area (TPSA) is 108 Å². The van der Waals surface area contributed by atoms with Crippen LogP contribution >= 0.6 is 0 Å². The van der Waals surface area contributed by atoms with Crippen LogP contribution in [-0.4, -0.2) is 78.1 Å². The minimum atomic E-state index is -4.65. The van der Waals surface area contributed by atoms with Gasteiger partial charge in [0, 0.05) is 38.2 Å². The van der Waals surface area contributed by atoms with Crippen LogP contribution in [0.4, 0.5) is 37.7 Å². The largest absolute Gasteiger partial charge is 0.416 e. The van der Waals surface area contributed by atoms with Gasteiger partial charge in [-0.3, -0.25) is 4.55 Å². The molecule has 5 rings (SSSR count). The second-order valence-corrected chi connectivity index (χ2v) is 13.9. The van der Waals surface area contributed by atoms with E-state index >= 15 is 0 Å². The van der Waals surface area contributed by atoms with Crippen molar-refractivity contribution in [2.24, 2.45) is 7.05 Å². The predicted molar refractivity (Wildman–Crippen MR) is 169 cm³/mol. The Kier molecular flexibility index (Phi) is 10.8. The first-order chi connectivity index (χ1) is 23.0. The van der Waals surface area contributed by atoms with Crippen molar-refractivity contribution in [1.82, 2.24) is 9.63 Å². The number of hydrogen-bond acceptors (Lipinski definition) is 8. The molecule has 1 saturated heterocycles. The zero-order valence-electron chi connectivity index (χ0n) is 26.4. The summed E-state index contributed by atoms with van der Waals surface area (Å²) in [6.45, 7) is 2.06. The smallest absolute Gasteiger partial charge is 0.379 e. The van der Waals surface area contributed by atoms with Crippen LogP contribution in [0.15, 0.2) is 59.3 Å². The van der Waals surface area contributed by atoms with Crippen molar-refractivity contribution in [1.29, 1.82) is 0 Å². The normalized spacial score (nSPS) is 17.9. The van der Waals surface area contributed by atoms with E-state index in [-0.39, 0.29) is 41.4 Å². The van der Waals surface area contributed by atoms with Crippen LogP contribution in [0.3, 0.4) is 0 Å². The van der Waals surface area contributed by atoms with Crippen molar-refractivity contribution >= 4 is 49.7 Å². The third-order valence-electron chi connectivity index (χ3n) is 7.92. The van der Waals surface area contributed by atoms with Crippen LogP contribution < -0.4 is 14.4 Å². The molecule has 0 aliphatic carbocycles. The number of imidazole rings is 1. The number of halogens is 6.